The number of amides is 2. The van der Waals surface area contributed by atoms with E-state index in [1.54, 1.807) is 34.3 Å². The second kappa shape index (κ2) is 8.94. The first-order valence-corrected chi connectivity index (χ1v) is 9.10. The second-order valence-corrected chi connectivity index (χ2v) is 7.28. The Bertz CT molecular complexity index is 576. The van der Waals surface area contributed by atoms with Crippen molar-refractivity contribution < 1.29 is 9.59 Å². The Hall–Kier alpha value is -1.95. The fourth-order valence-corrected chi connectivity index (χ4v) is 3.14. The van der Waals surface area contributed by atoms with Crippen LogP contribution in [0.5, 0.6) is 0 Å². The molecule has 1 fully saturated rings. The fraction of sp³-hybridized carbons (Fsp3) is 0.632. The molecule has 2 atom stereocenters. The summed E-state index contributed by atoms with van der Waals surface area (Å²) in [5, 5.41) is 0. The summed E-state index contributed by atoms with van der Waals surface area (Å²) in [6.45, 7) is 6.03. The molecule has 2 heterocycles. The molecule has 1 saturated heterocycles. The average molecular weight is 346 g/mol. The lowest BCUT2D eigenvalue weighted by molar-refractivity contribution is -0.135. The van der Waals surface area contributed by atoms with Crippen molar-refractivity contribution in [1.82, 2.24) is 14.8 Å². The van der Waals surface area contributed by atoms with E-state index in [0.29, 0.717) is 31.1 Å². The first-order valence-electron chi connectivity index (χ1n) is 9.10. The highest BCUT2D eigenvalue weighted by Crippen LogP contribution is 2.20. The number of nitrogens with zero attached hydrogens (tertiary/aromatic N) is 3. The summed E-state index contributed by atoms with van der Waals surface area (Å²) in [5.41, 5.74) is 6.70. The molecule has 2 rings (SSSR count). The number of hydrogen-bond acceptors (Lipinski definition) is 4. The highest BCUT2D eigenvalue weighted by Gasteiger charge is 2.30. The number of pyridine rings is 1. The van der Waals surface area contributed by atoms with Crippen LogP contribution in [0.3, 0.4) is 0 Å². The molecule has 6 heteroatoms. The normalized spacial score (nSPS) is 18.9. The van der Waals surface area contributed by atoms with Crippen molar-refractivity contribution in [2.45, 2.75) is 39.2 Å². The van der Waals surface area contributed by atoms with E-state index in [1.165, 1.54) is 0 Å². The van der Waals surface area contributed by atoms with Crippen LogP contribution >= 0.6 is 0 Å². The minimum Gasteiger partial charge on any atom is -0.345 e. The third-order valence-corrected chi connectivity index (χ3v) is 5.02. The van der Waals surface area contributed by atoms with Crippen LogP contribution in [0.25, 0.3) is 0 Å². The van der Waals surface area contributed by atoms with Gasteiger partial charge in [0.25, 0.3) is 5.91 Å². The molecule has 2 N–H and O–H groups in total. The molecule has 0 aliphatic carbocycles. The van der Waals surface area contributed by atoms with Gasteiger partial charge in [0.1, 0.15) is 0 Å². The number of likely N-dealkylation sites (tertiary alicyclic amines) is 1. The van der Waals surface area contributed by atoms with Gasteiger partial charge in [-0.1, -0.05) is 13.8 Å². The molecule has 2 unspecified atom stereocenters. The molecule has 1 aliphatic rings. The zero-order valence-electron chi connectivity index (χ0n) is 15.5. The first-order chi connectivity index (χ1) is 11.9. The summed E-state index contributed by atoms with van der Waals surface area (Å²) in [4.78, 5) is 32.8. The minimum absolute atomic E-state index is 0.0237. The Morgan fingerprint density at radius 2 is 2.04 bits per heavy atom. The van der Waals surface area contributed by atoms with Crippen molar-refractivity contribution in [3.05, 3.63) is 30.1 Å². The van der Waals surface area contributed by atoms with Gasteiger partial charge in [0.15, 0.2) is 0 Å². The van der Waals surface area contributed by atoms with Gasteiger partial charge in [-0.25, -0.2) is 0 Å². The Labute approximate surface area is 150 Å². The number of piperidine rings is 1. The zero-order chi connectivity index (χ0) is 18.4. The SMILES string of the molecule is CC(C)C(N)CCN(C)C(=O)C1CCCN(C(=O)c2ccncc2)C1. The van der Waals surface area contributed by atoms with Crippen LogP contribution < -0.4 is 5.73 Å². The van der Waals surface area contributed by atoms with Gasteiger partial charge in [-0.3, -0.25) is 14.6 Å². The summed E-state index contributed by atoms with van der Waals surface area (Å²) in [5.74, 6) is 0.374. The van der Waals surface area contributed by atoms with E-state index in [9.17, 15) is 9.59 Å². The lowest BCUT2D eigenvalue weighted by Gasteiger charge is -2.34. The molecule has 1 aromatic heterocycles. The molecule has 138 valence electrons. The smallest absolute Gasteiger partial charge is 0.253 e. The summed E-state index contributed by atoms with van der Waals surface area (Å²) >= 11 is 0. The van der Waals surface area contributed by atoms with Crippen LogP contribution in [0.15, 0.2) is 24.5 Å². The van der Waals surface area contributed by atoms with Crippen LogP contribution in [0.4, 0.5) is 0 Å². The minimum atomic E-state index is -0.125. The molecule has 25 heavy (non-hydrogen) atoms. The Morgan fingerprint density at radius 3 is 2.68 bits per heavy atom. The Balaban J connectivity index is 1.91. The summed E-state index contributed by atoms with van der Waals surface area (Å²) in [7, 11) is 1.83. The standard InChI is InChI=1S/C19H30N4O2/c1-14(2)17(20)8-12-22(3)18(24)16-5-4-11-23(13-16)19(25)15-6-9-21-10-7-15/h6-7,9-10,14,16-17H,4-5,8,11-13,20H2,1-3H3. The average Bonchev–Trinajstić information content (AvgIpc) is 2.65. The molecular weight excluding hydrogens is 316 g/mol. The molecule has 1 aliphatic heterocycles. The maximum Gasteiger partial charge on any atom is 0.253 e. The molecule has 2 amide bonds. The van der Waals surface area contributed by atoms with E-state index >= 15 is 0 Å². The van der Waals surface area contributed by atoms with Crippen molar-refractivity contribution in [2.24, 2.45) is 17.6 Å². The lowest BCUT2D eigenvalue weighted by Crippen LogP contribution is -2.46. The summed E-state index contributed by atoms with van der Waals surface area (Å²) in [6.07, 6.45) is 5.72. The number of hydrogen-bond donors (Lipinski definition) is 1. The van der Waals surface area contributed by atoms with E-state index in [1.807, 2.05) is 7.05 Å². The highest BCUT2D eigenvalue weighted by atomic mass is 16.2. The van der Waals surface area contributed by atoms with Gasteiger partial charge in [-0.15, -0.1) is 0 Å². The van der Waals surface area contributed by atoms with Crippen molar-refractivity contribution in [3.63, 3.8) is 0 Å². The molecule has 0 saturated carbocycles. The third kappa shape index (κ3) is 5.26. The van der Waals surface area contributed by atoms with E-state index in [-0.39, 0.29) is 23.8 Å². The topological polar surface area (TPSA) is 79.5 Å². The predicted octanol–water partition coefficient (Wildman–Crippen LogP) is 1.77. The Morgan fingerprint density at radius 1 is 1.36 bits per heavy atom. The van der Waals surface area contributed by atoms with E-state index in [4.69, 9.17) is 5.73 Å². The summed E-state index contributed by atoms with van der Waals surface area (Å²) in [6, 6.07) is 3.53. The maximum absolute atomic E-state index is 12.7. The number of aromatic nitrogens is 1. The van der Waals surface area contributed by atoms with Crippen LogP contribution in [-0.4, -0.2) is 59.3 Å². The monoisotopic (exact) mass is 346 g/mol. The van der Waals surface area contributed by atoms with Crippen molar-refractivity contribution in [2.75, 3.05) is 26.7 Å². The molecule has 6 nitrogen and oxygen atoms in total. The molecule has 0 bridgehead atoms. The number of rotatable bonds is 6. The van der Waals surface area contributed by atoms with E-state index < -0.39 is 0 Å². The van der Waals surface area contributed by atoms with Gasteiger partial charge >= 0.3 is 0 Å². The van der Waals surface area contributed by atoms with Crippen LogP contribution in [0.2, 0.25) is 0 Å². The van der Waals surface area contributed by atoms with E-state index in [2.05, 4.69) is 18.8 Å². The molecule has 1 aromatic rings. The van der Waals surface area contributed by atoms with Crippen molar-refractivity contribution in [3.8, 4) is 0 Å². The van der Waals surface area contributed by atoms with Crippen LogP contribution in [0, 0.1) is 11.8 Å². The van der Waals surface area contributed by atoms with Gasteiger partial charge in [0.05, 0.1) is 5.92 Å². The quantitative estimate of drug-likeness (QED) is 0.851. The van der Waals surface area contributed by atoms with Gasteiger partial charge in [0, 0.05) is 50.7 Å². The predicted molar refractivity (Wildman–Crippen MR) is 97.9 cm³/mol. The number of carbonyl (C=O) groups is 2. The van der Waals surface area contributed by atoms with Crippen LogP contribution in [-0.2, 0) is 4.79 Å². The molecule has 0 spiro atoms. The Kier molecular flexibility index (Phi) is 6.93. The van der Waals surface area contributed by atoms with Crippen molar-refractivity contribution in [1.29, 1.82) is 0 Å². The second-order valence-electron chi connectivity index (χ2n) is 7.28. The van der Waals surface area contributed by atoms with Gasteiger partial charge in [-0.2, -0.15) is 0 Å². The van der Waals surface area contributed by atoms with Gasteiger partial charge in [-0.05, 0) is 37.3 Å². The third-order valence-electron chi connectivity index (χ3n) is 5.02. The number of nitrogens with two attached hydrogens (primary N) is 1. The van der Waals surface area contributed by atoms with Crippen LogP contribution in [0.1, 0.15) is 43.5 Å². The van der Waals surface area contributed by atoms with E-state index in [0.717, 1.165) is 19.3 Å². The fourth-order valence-electron chi connectivity index (χ4n) is 3.14. The lowest BCUT2D eigenvalue weighted by atomic mass is 9.95. The maximum atomic E-state index is 12.7. The zero-order valence-corrected chi connectivity index (χ0v) is 15.5. The largest absolute Gasteiger partial charge is 0.345 e. The van der Waals surface area contributed by atoms with Gasteiger partial charge in [0.2, 0.25) is 5.91 Å². The number of carbonyl (C=O) groups excluding carboxylic acids is 2. The highest BCUT2D eigenvalue weighted by molar-refractivity contribution is 5.94. The van der Waals surface area contributed by atoms with Crippen molar-refractivity contribution >= 4 is 11.8 Å². The molecular formula is C19H30N4O2. The first kappa shape index (κ1) is 19.4. The summed E-state index contributed by atoms with van der Waals surface area (Å²) < 4.78 is 0. The molecule has 0 aromatic carbocycles. The van der Waals surface area contributed by atoms with Gasteiger partial charge < -0.3 is 15.5 Å². The molecule has 0 radical (unpaired) electrons.